The molecule has 19 heavy (non-hydrogen) atoms. The summed E-state index contributed by atoms with van der Waals surface area (Å²) in [5, 5.41) is 20.1. The van der Waals surface area contributed by atoms with Crippen LogP contribution in [0.3, 0.4) is 0 Å². The molecule has 1 rings (SSSR count). The number of aliphatic hydroxyl groups excluding tert-OH is 1. The Morgan fingerprint density at radius 1 is 1.42 bits per heavy atom. The summed E-state index contributed by atoms with van der Waals surface area (Å²) < 4.78 is 7.29. The molecular weight excluding hydrogens is 244 g/mol. The molecule has 1 heterocycles. The summed E-state index contributed by atoms with van der Waals surface area (Å²) in [7, 11) is 0. The van der Waals surface area contributed by atoms with Crippen LogP contribution in [0.5, 0.6) is 0 Å². The molecule has 1 aromatic rings. The van der Waals surface area contributed by atoms with Crippen LogP contribution in [0, 0.1) is 11.8 Å². The summed E-state index contributed by atoms with van der Waals surface area (Å²) in [6.07, 6.45) is 4.80. The van der Waals surface area contributed by atoms with Gasteiger partial charge in [-0.3, -0.25) is 4.68 Å². The summed E-state index contributed by atoms with van der Waals surface area (Å²) in [5.41, 5.74) is 0. The summed E-state index contributed by atoms with van der Waals surface area (Å²) >= 11 is 0. The Labute approximate surface area is 114 Å². The van der Waals surface area contributed by atoms with E-state index < -0.39 is 6.10 Å². The zero-order valence-electron chi connectivity index (χ0n) is 11.4. The highest BCUT2D eigenvalue weighted by atomic mass is 16.5. The molecule has 0 aliphatic heterocycles. The first-order valence-electron chi connectivity index (χ1n) is 6.56. The molecule has 0 aliphatic rings. The first-order valence-corrected chi connectivity index (χ1v) is 6.56. The third-order valence-electron chi connectivity index (χ3n) is 2.44. The van der Waals surface area contributed by atoms with Gasteiger partial charge >= 0.3 is 0 Å². The van der Waals surface area contributed by atoms with Gasteiger partial charge < -0.3 is 15.2 Å². The van der Waals surface area contributed by atoms with Gasteiger partial charge in [-0.25, -0.2) is 0 Å². The van der Waals surface area contributed by atoms with E-state index in [0.717, 1.165) is 39.1 Å². The fourth-order valence-corrected chi connectivity index (χ4v) is 1.54. The Balaban J connectivity index is 1.82. The second-order valence-corrected chi connectivity index (χ2v) is 4.10. The van der Waals surface area contributed by atoms with E-state index in [4.69, 9.17) is 4.74 Å². The lowest BCUT2D eigenvalue weighted by Crippen LogP contribution is -2.27. The minimum Gasteiger partial charge on any atom is -0.381 e. The number of rotatable bonds is 10. The van der Waals surface area contributed by atoms with Crippen LogP contribution in [-0.4, -0.2) is 52.5 Å². The van der Waals surface area contributed by atoms with Gasteiger partial charge in [-0.2, -0.15) is 0 Å². The van der Waals surface area contributed by atoms with Crippen molar-refractivity contribution >= 4 is 0 Å². The van der Waals surface area contributed by atoms with E-state index >= 15 is 0 Å². The summed E-state index contributed by atoms with van der Waals surface area (Å²) in [6.45, 7) is 5.33. The largest absolute Gasteiger partial charge is 0.381 e. The van der Waals surface area contributed by atoms with Crippen LogP contribution in [0.25, 0.3) is 0 Å². The normalized spacial score (nSPS) is 11.9. The molecule has 6 heteroatoms. The molecule has 0 bridgehead atoms. The van der Waals surface area contributed by atoms with E-state index in [-0.39, 0.29) is 0 Å². The van der Waals surface area contributed by atoms with E-state index in [2.05, 4.69) is 27.5 Å². The summed E-state index contributed by atoms with van der Waals surface area (Å²) in [4.78, 5) is 0. The lowest BCUT2D eigenvalue weighted by Gasteiger charge is -2.07. The lowest BCUT2D eigenvalue weighted by atomic mass is 10.3. The van der Waals surface area contributed by atoms with Crippen molar-refractivity contribution < 1.29 is 9.84 Å². The van der Waals surface area contributed by atoms with Gasteiger partial charge in [0.15, 0.2) is 0 Å². The molecule has 0 aliphatic carbocycles. The fraction of sp³-hybridized carbons (Fsp3) is 0.692. The molecule has 1 aromatic heterocycles. The van der Waals surface area contributed by atoms with Crippen LogP contribution >= 0.6 is 0 Å². The predicted molar refractivity (Wildman–Crippen MR) is 72.4 cm³/mol. The molecule has 0 aromatic carbocycles. The van der Waals surface area contributed by atoms with Gasteiger partial charge in [0.25, 0.3) is 0 Å². The van der Waals surface area contributed by atoms with E-state index in [1.807, 2.05) is 6.20 Å². The highest BCUT2D eigenvalue weighted by molar-refractivity contribution is 5.02. The van der Waals surface area contributed by atoms with Crippen LogP contribution in [0.2, 0.25) is 0 Å². The fourth-order valence-electron chi connectivity index (χ4n) is 1.54. The molecule has 0 spiro atoms. The Kier molecular flexibility index (Phi) is 8.64. The van der Waals surface area contributed by atoms with Crippen molar-refractivity contribution in [2.75, 3.05) is 26.3 Å². The SMILES string of the molecule is CC#CC(O)CNCCCOCCCn1ccnn1. The number of aliphatic hydroxyl groups is 1. The van der Waals surface area contributed by atoms with Crippen LogP contribution < -0.4 is 5.32 Å². The highest BCUT2D eigenvalue weighted by Gasteiger charge is 1.97. The van der Waals surface area contributed by atoms with Crippen molar-refractivity contribution in [3.63, 3.8) is 0 Å². The number of nitrogens with one attached hydrogen (secondary N) is 1. The summed E-state index contributed by atoms with van der Waals surface area (Å²) in [6, 6.07) is 0. The topological polar surface area (TPSA) is 72.2 Å². The maximum atomic E-state index is 9.33. The van der Waals surface area contributed by atoms with Gasteiger partial charge in [-0.1, -0.05) is 11.1 Å². The molecular formula is C13H22N4O2. The van der Waals surface area contributed by atoms with Crippen molar-refractivity contribution in [2.45, 2.75) is 32.4 Å². The van der Waals surface area contributed by atoms with Crippen molar-refractivity contribution in [3.05, 3.63) is 12.4 Å². The van der Waals surface area contributed by atoms with E-state index in [1.54, 1.807) is 17.8 Å². The molecule has 0 amide bonds. The van der Waals surface area contributed by atoms with Crippen LogP contribution in [-0.2, 0) is 11.3 Å². The van der Waals surface area contributed by atoms with E-state index in [0.29, 0.717) is 6.54 Å². The van der Waals surface area contributed by atoms with Gasteiger partial charge in [0.1, 0.15) is 6.10 Å². The molecule has 1 atom stereocenters. The number of aromatic nitrogens is 3. The summed E-state index contributed by atoms with van der Waals surface area (Å²) in [5.74, 6) is 5.35. The molecule has 0 saturated heterocycles. The lowest BCUT2D eigenvalue weighted by molar-refractivity contribution is 0.124. The average Bonchev–Trinajstić information content (AvgIpc) is 2.90. The maximum absolute atomic E-state index is 9.33. The van der Waals surface area contributed by atoms with Crippen molar-refractivity contribution in [2.24, 2.45) is 0 Å². The quantitative estimate of drug-likeness (QED) is 0.462. The van der Waals surface area contributed by atoms with Gasteiger partial charge in [0.05, 0.1) is 6.20 Å². The first-order chi connectivity index (χ1) is 9.33. The number of ether oxygens (including phenoxy) is 1. The van der Waals surface area contributed by atoms with Gasteiger partial charge in [-0.15, -0.1) is 11.0 Å². The molecule has 0 saturated carbocycles. The highest BCUT2D eigenvalue weighted by Crippen LogP contribution is 1.90. The van der Waals surface area contributed by atoms with Crippen LogP contribution in [0.1, 0.15) is 19.8 Å². The second kappa shape index (κ2) is 10.5. The smallest absolute Gasteiger partial charge is 0.127 e. The minimum atomic E-state index is -0.575. The monoisotopic (exact) mass is 266 g/mol. The molecule has 1 unspecified atom stereocenters. The van der Waals surface area contributed by atoms with Gasteiger partial charge in [0, 0.05) is 32.5 Å². The number of nitrogens with zero attached hydrogens (tertiary/aromatic N) is 3. The molecule has 0 fully saturated rings. The van der Waals surface area contributed by atoms with E-state index in [1.165, 1.54) is 0 Å². The second-order valence-electron chi connectivity index (χ2n) is 4.10. The third-order valence-corrected chi connectivity index (χ3v) is 2.44. The van der Waals surface area contributed by atoms with Crippen molar-refractivity contribution in [3.8, 4) is 11.8 Å². The number of hydrogen-bond donors (Lipinski definition) is 2. The van der Waals surface area contributed by atoms with Crippen LogP contribution in [0.4, 0.5) is 0 Å². The Morgan fingerprint density at radius 2 is 2.26 bits per heavy atom. The Hall–Kier alpha value is -1.42. The first kappa shape index (κ1) is 15.6. The third kappa shape index (κ3) is 8.32. The maximum Gasteiger partial charge on any atom is 0.127 e. The molecule has 106 valence electrons. The average molecular weight is 266 g/mol. The Morgan fingerprint density at radius 3 is 3.00 bits per heavy atom. The minimum absolute atomic E-state index is 0.507. The van der Waals surface area contributed by atoms with Gasteiger partial charge in [0.2, 0.25) is 0 Å². The van der Waals surface area contributed by atoms with Crippen molar-refractivity contribution in [1.82, 2.24) is 20.3 Å². The number of hydrogen-bond acceptors (Lipinski definition) is 5. The zero-order valence-corrected chi connectivity index (χ0v) is 11.4. The zero-order chi connectivity index (χ0) is 13.8. The molecule has 0 radical (unpaired) electrons. The predicted octanol–water partition coefficient (Wildman–Crippen LogP) is 0.0487. The standard InChI is InChI=1S/C13H22N4O2/c1-2-5-13(18)12-14-6-3-10-19-11-4-8-17-9-7-15-16-17/h7,9,13-14,18H,3-4,6,8,10-12H2,1H3. The van der Waals surface area contributed by atoms with E-state index in [9.17, 15) is 5.11 Å². The van der Waals surface area contributed by atoms with Crippen LogP contribution in [0.15, 0.2) is 12.4 Å². The molecule has 6 nitrogen and oxygen atoms in total. The van der Waals surface area contributed by atoms with Crippen molar-refractivity contribution in [1.29, 1.82) is 0 Å². The molecule has 2 N–H and O–H groups in total. The number of aryl methyl sites for hydroxylation is 1. The Bertz CT molecular complexity index is 370. The van der Waals surface area contributed by atoms with Gasteiger partial charge in [-0.05, 0) is 26.3 Å².